The lowest BCUT2D eigenvalue weighted by molar-refractivity contribution is 0.101. The van der Waals surface area contributed by atoms with Crippen LogP contribution in [0.3, 0.4) is 0 Å². The molecule has 68 valence electrons. The lowest BCUT2D eigenvalue weighted by atomic mass is 10.6. The maximum Gasteiger partial charge on any atom is 0.501 e. The Hall–Kier alpha value is 0.0569. The first-order chi connectivity index (χ1) is 5.24. The lowest BCUT2D eigenvalue weighted by Gasteiger charge is -2.24. The second kappa shape index (κ2) is 5.67. The molecule has 11 heavy (non-hydrogen) atoms. The molecule has 0 atom stereocenters. The topological polar surface area (TPSA) is 53.7 Å². The van der Waals surface area contributed by atoms with Crippen molar-refractivity contribution < 1.29 is 13.3 Å². The number of nitrogens with two attached hydrogens (primary N) is 1. The van der Waals surface area contributed by atoms with E-state index in [0.717, 1.165) is 12.5 Å². The van der Waals surface area contributed by atoms with Gasteiger partial charge < -0.3 is 19.0 Å². The van der Waals surface area contributed by atoms with E-state index in [9.17, 15) is 0 Å². The molecule has 0 rings (SSSR count). The highest BCUT2D eigenvalue weighted by Gasteiger charge is 2.37. The van der Waals surface area contributed by atoms with E-state index in [1.165, 1.54) is 0 Å². The van der Waals surface area contributed by atoms with Crippen LogP contribution in [-0.2, 0) is 13.3 Å². The van der Waals surface area contributed by atoms with E-state index in [-0.39, 0.29) is 6.73 Å². The maximum atomic E-state index is 5.25. The average Bonchev–Trinajstić information content (AvgIpc) is 2.04. The quantitative estimate of drug-likeness (QED) is 0.478. The molecule has 0 aliphatic rings. The summed E-state index contributed by atoms with van der Waals surface area (Å²) in [6, 6.07) is 0.817. The molecule has 0 spiro atoms. The Bertz CT molecular complexity index is 89.8. The Morgan fingerprint density at radius 1 is 1.27 bits per heavy atom. The Labute approximate surface area is 69.0 Å². The van der Waals surface area contributed by atoms with Crippen molar-refractivity contribution >= 4 is 8.80 Å². The minimum absolute atomic E-state index is 0.161. The van der Waals surface area contributed by atoms with Crippen LogP contribution in [0.5, 0.6) is 0 Å². The highest BCUT2D eigenvalue weighted by Crippen LogP contribution is 2.14. The molecule has 0 saturated carbocycles. The van der Waals surface area contributed by atoms with Gasteiger partial charge in [-0.15, -0.1) is 0 Å². The number of rotatable bonds is 6. The average molecular weight is 179 g/mol. The maximum absolute atomic E-state index is 5.25. The molecular formula is C6H17NO3Si. The molecule has 0 unspecified atom stereocenters. The zero-order valence-corrected chi connectivity index (χ0v) is 8.42. The molecule has 0 amide bonds. The van der Waals surface area contributed by atoms with Crippen molar-refractivity contribution in [2.75, 3.05) is 21.0 Å². The smallest absolute Gasteiger partial charge is 0.377 e. The van der Waals surface area contributed by atoms with E-state index in [2.05, 4.69) is 6.92 Å². The summed E-state index contributed by atoms with van der Waals surface area (Å²) in [5, 5.41) is 0. The number of hydrogen-bond acceptors (Lipinski definition) is 4. The van der Waals surface area contributed by atoms with Crippen LogP contribution in [0, 0.1) is 0 Å². The van der Waals surface area contributed by atoms with E-state index >= 15 is 0 Å². The molecule has 5 heteroatoms. The van der Waals surface area contributed by atoms with Gasteiger partial charge >= 0.3 is 8.80 Å². The minimum Gasteiger partial charge on any atom is -0.377 e. The third-order valence-electron chi connectivity index (χ3n) is 1.48. The van der Waals surface area contributed by atoms with Gasteiger partial charge in [0.15, 0.2) is 0 Å². The predicted octanol–water partition coefficient (Wildman–Crippen LogP) is 0.561. The van der Waals surface area contributed by atoms with Crippen LogP contribution in [0.1, 0.15) is 13.3 Å². The summed E-state index contributed by atoms with van der Waals surface area (Å²) < 4.78 is 15.6. The fourth-order valence-corrected chi connectivity index (χ4v) is 2.73. The van der Waals surface area contributed by atoms with Gasteiger partial charge in [0, 0.05) is 20.3 Å². The van der Waals surface area contributed by atoms with Gasteiger partial charge in [0.2, 0.25) is 0 Å². The summed E-state index contributed by atoms with van der Waals surface area (Å²) in [6.45, 7) is 2.22. The molecule has 2 N–H and O–H groups in total. The molecule has 0 aromatic carbocycles. The van der Waals surface area contributed by atoms with Crippen molar-refractivity contribution in [2.45, 2.75) is 19.4 Å². The van der Waals surface area contributed by atoms with Crippen LogP contribution < -0.4 is 5.73 Å². The van der Waals surface area contributed by atoms with Gasteiger partial charge in [-0.3, -0.25) is 0 Å². The van der Waals surface area contributed by atoms with Crippen molar-refractivity contribution in [3.05, 3.63) is 0 Å². The number of hydrogen-bond donors (Lipinski definition) is 1. The molecule has 0 aliphatic heterocycles. The minimum atomic E-state index is -2.37. The van der Waals surface area contributed by atoms with Crippen molar-refractivity contribution in [1.29, 1.82) is 0 Å². The van der Waals surface area contributed by atoms with Crippen molar-refractivity contribution in [1.82, 2.24) is 0 Å². The summed E-state index contributed by atoms with van der Waals surface area (Å²) >= 11 is 0. The van der Waals surface area contributed by atoms with Gasteiger partial charge in [-0.2, -0.15) is 0 Å². The van der Waals surface area contributed by atoms with Gasteiger partial charge in [0.1, 0.15) is 0 Å². The predicted molar refractivity (Wildman–Crippen MR) is 45.0 cm³/mol. The zero-order valence-electron chi connectivity index (χ0n) is 7.42. The first kappa shape index (κ1) is 11.1. The third kappa shape index (κ3) is 3.30. The normalized spacial score (nSPS) is 12.0. The summed E-state index contributed by atoms with van der Waals surface area (Å²) in [6.07, 6.45) is 0.980. The summed E-state index contributed by atoms with van der Waals surface area (Å²) in [7, 11) is 0.828. The molecule has 0 heterocycles. The van der Waals surface area contributed by atoms with Crippen LogP contribution in [0.15, 0.2) is 0 Å². The Morgan fingerprint density at radius 3 is 2.09 bits per heavy atom. The molecule has 0 aliphatic carbocycles. The van der Waals surface area contributed by atoms with Gasteiger partial charge in [-0.25, -0.2) is 0 Å². The lowest BCUT2D eigenvalue weighted by Crippen LogP contribution is -2.45. The van der Waals surface area contributed by atoms with Gasteiger partial charge in [-0.05, 0) is 0 Å². The van der Waals surface area contributed by atoms with Gasteiger partial charge in [-0.1, -0.05) is 13.3 Å². The Balaban J connectivity index is 3.96. The van der Waals surface area contributed by atoms with E-state index in [0.29, 0.717) is 0 Å². The monoisotopic (exact) mass is 179 g/mol. The Morgan fingerprint density at radius 2 is 1.82 bits per heavy atom. The fourth-order valence-electron chi connectivity index (χ4n) is 0.911. The second-order valence-electron chi connectivity index (χ2n) is 2.15. The van der Waals surface area contributed by atoms with Crippen molar-refractivity contribution in [2.24, 2.45) is 5.73 Å². The van der Waals surface area contributed by atoms with Crippen LogP contribution in [0.2, 0.25) is 6.04 Å². The second-order valence-corrected chi connectivity index (χ2v) is 5.12. The van der Waals surface area contributed by atoms with Crippen LogP contribution in [0.25, 0.3) is 0 Å². The van der Waals surface area contributed by atoms with E-state index < -0.39 is 8.80 Å². The zero-order chi connectivity index (χ0) is 8.74. The van der Waals surface area contributed by atoms with E-state index in [1.807, 2.05) is 0 Å². The molecule has 0 bridgehead atoms. The first-order valence-electron chi connectivity index (χ1n) is 3.69. The van der Waals surface area contributed by atoms with Gasteiger partial charge in [0.05, 0.1) is 6.73 Å². The van der Waals surface area contributed by atoms with E-state index in [1.54, 1.807) is 14.2 Å². The molecule has 4 nitrogen and oxygen atoms in total. The first-order valence-corrected chi connectivity index (χ1v) is 5.62. The summed E-state index contributed by atoms with van der Waals surface area (Å²) in [4.78, 5) is 0. The largest absolute Gasteiger partial charge is 0.501 e. The standard InChI is InChI=1S/C6H17NO3Si/c1-4-5-11(8-2,9-3)10-6-7/h4-7H2,1-3H3. The van der Waals surface area contributed by atoms with Crippen molar-refractivity contribution in [3.8, 4) is 0 Å². The fraction of sp³-hybridized carbons (Fsp3) is 1.00. The molecule has 0 saturated heterocycles. The molecule has 0 aromatic rings. The molecule has 0 fully saturated rings. The van der Waals surface area contributed by atoms with E-state index in [4.69, 9.17) is 19.0 Å². The SMILES string of the molecule is CCC[Si](OC)(OC)OCN. The van der Waals surface area contributed by atoms with Gasteiger partial charge in [0.25, 0.3) is 0 Å². The van der Waals surface area contributed by atoms with Crippen molar-refractivity contribution in [3.63, 3.8) is 0 Å². The highest BCUT2D eigenvalue weighted by atomic mass is 28.4. The molecule has 0 radical (unpaired) electrons. The molecular weight excluding hydrogens is 162 g/mol. The van der Waals surface area contributed by atoms with Crippen LogP contribution >= 0.6 is 0 Å². The highest BCUT2D eigenvalue weighted by molar-refractivity contribution is 6.60. The third-order valence-corrected chi connectivity index (χ3v) is 4.44. The summed E-state index contributed by atoms with van der Waals surface area (Å²) in [5.41, 5.74) is 5.25. The molecule has 0 aromatic heterocycles. The van der Waals surface area contributed by atoms with Crippen LogP contribution in [-0.4, -0.2) is 29.8 Å². The summed E-state index contributed by atoms with van der Waals surface area (Å²) in [5.74, 6) is 0. The Kier molecular flexibility index (Phi) is 5.70. The van der Waals surface area contributed by atoms with Crippen LogP contribution in [0.4, 0.5) is 0 Å².